The Kier molecular flexibility index (Phi) is 3.49. The highest BCUT2D eigenvalue weighted by Crippen LogP contribution is 2.11. The zero-order chi connectivity index (χ0) is 9.68. The standard InChI is InChI=1S/C9H15N3O/c1-3-4-7(2)13-9-5-8(10)11-6-12-9/h5-7H,3-4H2,1-2H3,(H2,10,11,12). The van der Waals surface area contributed by atoms with Crippen molar-refractivity contribution in [3.05, 3.63) is 12.4 Å². The average Bonchev–Trinajstić information content (AvgIpc) is 2.04. The number of ether oxygens (including phenoxy) is 1. The molecule has 0 spiro atoms. The summed E-state index contributed by atoms with van der Waals surface area (Å²) in [5.74, 6) is 0.988. The molecule has 0 bridgehead atoms. The molecule has 0 radical (unpaired) electrons. The van der Waals surface area contributed by atoms with Crippen molar-refractivity contribution in [3.8, 4) is 5.88 Å². The minimum absolute atomic E-state index is 0.180. The molecule has 0 amide bonds. The molecular weight excluding hydrogens is 166 g/mol. The summed E-state index contributed by atoms with van der Waals surface area (Å²) in [5.41, 5.74) is 5.48. The van der Waals surface area contributed by atoms with E-state index in [9.17, 15) is 0 Å². The highest BCUT2D eigenvalue weighted by molar-refractivity contribution is 5.30. The van der Waals surface area contributed by atoms with Crippen LogP contribution < -0.4 is 10.5 Å². The molecule has 0 aliphatic carbocycles. The van der Waals surface area contributed by atoms with Gasteiger partial charge in [-0.05, 0) is 13.3 Å². The number of nitrogen functional groups attached to an aromatic ring is 1. The number of nitrogens with zero attached hydrogens (tertiary/aromatic N) is 2. The lowest BCUT2D eigenvalue weighted by atomic mass is 10.2. The second-order valence-corrected chi connectivity index (χ2v) is 3.00. The van der Waals surface area contributed by atoms with Crippen LogP contribution in [0.1, 0.15) is 26.7 Å². The van der Waals surface area contributed by atoms with Gasteiger partial charge in [0.1, 0.15) is 12.1 Å². The first-order valence-electron chi connectivity index (χ1n) is 4.46. The van der Waals surface area contributed by atoms with E-state index in [1.807, 2.05) is 6.92 Å². The van der Waals surface area contributed by atoms with Crippen LogP contribution in [0.4, 0.5) is 5.82 Å². The number of anilines is 1. The van der Waals surface area contributed by atoms with Crippen LogP contribution in [0.25, 0.3) is 0 Å². The summed E-state index contributed by atoms with van der Waals surface area (Å²) in [4.78, 5) is 7.73. The summed E-state index contributed by atoms with van der Waals surface area (Å²) in [7, 11) is 0. The molecule has 1 heterocycles. The zero-order valence-electron chi connectivity index (χ0n) is 8.03. The van der Waals surface area contributed by atoms with E-state index >= 15 is 0 Å². The molecule has 0 aliphatic heterocycles. The molecule has 72 valence electrons. The number of aromatic nitrogens is 2. The highest BCUT2D eigenvalue weighted by atomic mass is 16.5. The molecule has 0 fully saturated rings. The Bertz CT molecular complexity index is 265. The Labute approximate surface area is 78.1 Å². The summed E-state index contributed by atoms with van der Waals surface area (Å²) >= 11 is 0. The van der Waals surface area contributed by atoms with E-state index in [1.165, 1.54) is 6.33 Å². The van der Waals surface area contributed by atoms with Gasteiger partial charge in [0, 0.05) is 6.07 Å². The number of hydrogen-bond acceptors (Lipinski definition) is 4. The molecule has 4 heteroatoms. The molecule has 1 rings (SSSR count). The van der Waals surface area contributed by atoms with Gasteiger partial charge in [-0.3, -0.25) is 0 Å². The lowest BCUT2D eigenvalue weighted by Crippen LogP contribution is -2.12. The van der Waals surface area contributed by atoms with Crippen LogP contribution in [0, 0.1) is 0 Å². The fourth-order valence-electron chi connectivity index (χ4n) is 1.09. The molecule has 0 aliphatic rings. The lowest BCUT2D eigenvalue weighted by Gasteiger charge is -2.12. The normalized spacial score (nSPS) is 12.5. The first kappa shape index (κ1) is 9.77. The van der Waals surface area contributed by atoms with Crippen molar-refractivity contribution in [3.63, 3.8) is 0 Å². The maximum absolute atomic E-state index is 5.50. The van der Waals surface area contributed by atoms with Crippen LogP contribution in [0.3, 0.4) is 0 Å². The summed E-state index contributed by atoms with van der Waals surface area (Å²) in [6.07, 6.45) is 3.70. The summed E-state index contributed by atoms with van der Waals surface area (Å²) < 4.78 is 5.50. The van der Waals surface area contributed by atoms with Crippen molar-refractivity contribution >= 4 is 5.82 Å². The molecule has 1 unspecified atom stereocenters. The van der Waals surface area contributed by atoms with Crippen LogP contribution in [-0.2, 0) is 0 Å². The average molecular weight is 181 g/mol. The van der Waals surface area contributed by atoms with Gasteiger partial charge in [-0.1, -0.05) is 13.3 Å². The fraction of sp³-hybridized carbons (Fsp3) is 0.556. The largest absolute Gasteiger partial charge is 0.475 e. The third-order valence-electron chi connectivity index (χ3n) is 1.68. The maximum atomic E-state index is 5.50. The van der Waals surface area contributed by atoms with Crippen molar-refractivity contribution in [2.75, 3.05) is 5.73 Å². The summed E-state index contributed by atoms with van der Waals surface area (Å²) in [5, 5.41) is 0. The number of nitrogens with two attached hydrogens (primary N) is 1. The topological polar surface area (TPSA) is 61.0 Å². The third kappa shape index (κ3) is 3.27. The van der Waals surface area contributed by atoms with Gasteiger partial charge < -0.3 is 10.5 Å². The van der Waals surface area contributed by atoms with Crippen LogP contribution in [0.5, 0.6) is 5.88 Å². The van der Waals surface area contributed by atoms with Crippen molar-refractivity contribution in [2.24, 2.45) is 0 Å². The Hall–Kier alpha value is -1.32. The van der Waals surface area contributed by atoms with Gasteiger partial charge in [-0.2, -0.15) is 0 Å². The molecule has 2 N–H and O–H groups in total. The summed E-state index contributed by atoms with van der Waals surface area (Å²) in [6.45, 7) is 4.13. The van der Waals surface area contributed by atoms with E-state index in [4.69, 9.17) is 10.5 Å². The van der Waals surface area contributed by atoms with Gasteiger partial charge in [-0.15, -0.1) is 0 Å². The Balaban J connectivity index is 2.53. The maximum Gasteiger partial charge on any atom is 0.218 e. The van der Waals surface area contributed by atoms with E-state index in [0.717, 1.165) is 12.8 Å². The Morgan fingerprint density at radius 3 is 2.92 bits per heavy atom. The van der Waals surface area contributed by atoms with Crippen molar-refractivity contribution in [2.45, 2.75) is 32.8 Å². The first-order valence-corrected chi connectivity index (χ1v) is 4.46. The monoisotopic (exact) mass is 181 g/mol. The minimum atomic E-state index is 0.180. The highest BCUT2D eigenvalue weighted by Gasteiger charge is 2.03. The molecule has 1 atom stereocenters. The van der Waals surface area contributed by atoms with Crippen LogP contribution in [-0.4, -0.2) is 16.1 Å². The van der Waals surface area contributed by atoms with E-state index in [2.05, 4.69) is 16.9 Å². The van der Waals surface area contributed by atoms with E-state index in [-0.39, 0.29) is 6.10 Å². The first-order chi connectivity index (χ1) is 6.22. The zero-order valence-corrected chi connectivity index (χ0v) is 8.03. The van der Waals surface area contributed by atoms with Crippen molar-refractivity contribution in [1.29, 1.82) is 0 Å². The predicted octanol–water partition coefficient (Wildman–Crippen LogP) is 1.63. The van der Waals surface area contributed by atoms with Gasteiger partial charge >= 0.3 is 0 Å². The van der Waals surface area contributed by atoms with E-state index in [0.29, 0.717) is 11.7 Å². The fourth-order valence-corrected chi connectivity index (χ4v) is 1.09. The molecule has 0 saturated carbocycles. The van der Waals surface area contributed by atoms with Crippen LogP contribution in [0.2, 0.25) is 0 Å². The molecule has 0 saturated heterocycles. The lowest BCUT2D eigenvalue weighted by molar-refractivity contribution is 0.201. The molecule has 1 aromatic heterocycles. The van der Waals surface area contributed by atoms with Crippen molar-refractivity contribution in [1.82, 2.24) is 9.97 Å². The number of hydrogen-bond donors (Lipinski definition) is 1. The quantitative estimate of drug-likeness (QED) is 0.766. The van der Waals surface area contributed by atoms with Gasteiger partial charge in [0.25, 0.3) is 0 Å². The van der Waals surface area contributed by atoms with Gasteiger partial charge in [-0.25, -0.2) is 9.97 Å². The molecule has 0 aromatic carbocycles. The minimum Gasteiger partial charge on any atom is -0.475 e. The SMILES string of the molecule is CCCC(C)Oc1cc(N)ncn1. The van der Waals surface area contributed by atoms with Gasteiger partial charge in [0.05, 0.1) is 6.10 Å². The summed E-state index contributed by atoms with van der Waals surface area (Å²) in [6, 6.07) is 1.63. The van der Waals surface area contributed by atoms with E-state index in [1.54, 1.807) is 6.07 Å². The third-order valence-corrected chi connectivity index (χ3v) is 1.68. The van der Waals surface area contributed by atoms with E-state index < -0.39 is 0 Å². The predicted molar refractivity (Wildman–Crippen MR) is 51.4 cm³/mol. The molecule has 13 heavy (non-hydrogen) atoms. The van der Waals surface area contributed by atoms with Crippen LogP contribution >= 0.6 is 0 Å². The second-order valence-electron chi connectivity index (χ2n) is 3.00. The second kappa shape index (κ2) is 4.64. The van der Waals surface area contributed by atoms with Crippen molar-refractivity contribution < 1.29 is 4.74 Å². The van der Waals surface area contributed by atoms with Gasteiger partial charge in [0.15, 0.2) is 0 Å². The van der Waals surface area contributed by atoms with Crippen LogP contribution in [0.15, 0.2) is 12.4 Å². The Morgan fingerprint density at radius 1 is 1.54 bits per heavy atom. The molecule has 1 aromatic rings. The molecule has 4 nitrogen and oxygen atoms in total. The Morgan fingerprint density at radius 2 is 2.31 bits per heavy atom. The van der Waals surface area contributed by atoms with Gasteiger partial charge in [0.2, 0.25) is 5.88 Å². The smallest absolute Gasteiger partial charge is 0.218 e. The number of rotatable bonds is 4. The molecular formula is C9H15N3O.